The van der Waals surface area contributed by atoms with Crippen LogP contribution in [0.5, 0.6) is 0 Å². The lowest BCUT2D eigenvalue weighted by Gasteiger charge is -2.17. The van der Waals surface area contributed by atoms with Gasteiger partial charge in [-0.15, -0.1) is 0 Å². The smallest absolute Gasteiger partial charge is 0.320 e. The Labute approximate surface area is 184 Å². The molecule has 1 atom stereocenters. The topological polar surface area (TPSA) is 121 Å². The van der Waals surface area contributed by atoms with Gasteiger partial charge in [-0.05, 0) is 38.0 Å². The monoisotopic (exact) mass is 455 g/mol. The number of nitrogens with zero attached hydrogens (tertiary/aromatic N) is 3. The third-order valence-corrected chi connectivity index (χ3v) is 7.20. The number of benzene rings is 2. The van der Waals surface area contributed by atoms with E-state index in [0.717, 1.165) is 10.0 Å². The first-order valence-electron chi connectivity index (χ1n) is 10.1. The Bertz CT molecular complexity index is 1370. The van der Waals surface area contributed by atoms with E-state index in [1.165, 1.54) is 18.3 Å². The van der Waals surface area contributed by atoms with Crippen molar-refractivity contribution in [1.82, 2.24) is 3.97 Å². The first-order valence-corrected chi connectivity index (χ1v) is 11.5. The highest BCUT2D eigenvalue weighted by atomic mass is 32.2. The second kappa shape index (κ2) is 8.19. The van der Waals surface area contributed by atoms with Crippen LogP contribution in [-0.2, 0) is 26.0 Å². The Balaban J connectivity index is 2.05. The van der Waals surface area contributed by atoms with Crippen molar-refractivity contribution in [2.75, 3.05) is 13.2 Å². The minimum absolute atomic E-state index is 0.135. The zero-order valence-corrected chi connectivity index (χ0v) is 18.3. The molecule has 0 saturated carbocycles. The fraction of sp³-hybridized carbons (Fsp3) is 0.273. The fourth-order valence-electron chi connectivity index (χ4n) is 4.02. The van der Waals surface area contributed by atoms with Crippen LogP contribution in [0.1, 0.15) is 29.7 Å². The summed E-state index contributed by atoms with van der Waals surface area (Å²) in [6.07, 6.45) is 1.87. The molecule has 0 fully saturated rings. The van der Waals surface area contributed by atoms with E-state index >= 15 is 0 Å². The van der Waals surface area contributed by atoms with E-state index in [-0.39, 0.29) is 22.9 Å². The average molecular weight is 455 g/mol. The highest BCUT2D eigenvalue weighted by Crippen LogP contribution is 2.37. The third kappa shape index (κ3) is 3.46. The zero-order valence-electron chi connectivity index (χ0n) is 17.5. The Hall–Kier alpha value is -3.53. The number of nitro benzene ring substituents is 1. The van der Waals surface area contributed by atoms with Crippen molar-refractivity contribution in [3.8, 4) is 0 Å². The average Bonchev–Trinajstić information content (AvgIpc) is 2.93. The number of hydrogen-bond acceptors (Lipinski definition) is 7. The minimum atomic E-state index is -4.29. The molecule has 32 heavy (non-hydrogen) atoms. The maximum Gasteiger partial charge on any atom is 0.320 e. The normalized spacial score (nSPS) is 15.9. The third-order valence-electron chi connectivity index (χ3n) is 5.47. The number of fused-ring (bicyclic) bond motifs is 3. The molecule has 9 nitrogen and oxygen atoms in total. The molecule has 1 aromatic heterocycles. The van der Waals surface area contributed by atoms with Crippen molar-refractivity contribution < 1.29 is 22.9 Å². The molecule has 0 N–H and O–H groups in total. The number of para-hydroxylation sites is 1. The molecule has 0 saturated heterocycles. The van der Waals surface area contributed by atoms with E-state index in [1.807, 2.05) is 0 Å². The quantitative estimate of drug-likeness (QED) is 0.330. The summed E-state index contributed by atoms with van der Waals surface area (Å²) in [5.74, 6) is -1.62. The van der Waals surface area contributed by atoms with Gasteiger partial charge in [0.1, 0.15) is 5.92 Å². The van der Waals surface area contributed by atoms with Gasteiger partial charge in [-0.25, -0.2) is 12.4 Å². The van der Waals surface area contributed by atoms with Crippen molar-refractivity contribution in [2.45, 2.75) is 31.1 Å². The summed E-state index contributed by atoms with van der Waals surface area (Å²) in [7, 11) is -4.29. The van der Waals surface area contributed by atoms with Gasteiger partial charge in [-0.1, -0.05) is 24.3 Å². The predicted molar refractivity (Wildman–Crippen MR) is 119 cm³/mol. The number of rotatable bonds is 5. The molecule has 1 aliphatic rings. The zero-order chi connectivity index (χ0) is 23.0. The Morgan fingerprint density at radius 3 is 2.75 bits per heavy atom. The predicted octanol–water partition coefficient (Wildman–Crippen LogP) is 3.37. The van der Waals surface area contributed by atoms with Gasteiger partial charge < -0.3 is 4.74 Å². The Morgan fingerprint density at radius 2 is 2.03 bits per heavy atom. The largest absolute Gasteiger partial charge is 0.465 e. The summed E-state index contributed by atoms with van der Waals surface area (Å²) < 4.78 is 34.0. The number of aromatic nitrogens is 1. The van der Waals surface area contributed by atoms with E-state index in [4.69, 9.17) is 4.74 Å². The summed E-state index contributed by atoms with van der Waals surface area (Å²) in [6, 6.07) is 10.7. The summed E-state index contributed by atoms with van der Waals surface area (Å²) in [6.45, 7) is 3.74. The van der Waals surface area contributed by atoms with Gasteiger partial charge >= 0.3 is 5.97 Å². The van der Waals surface area contributed by atoms with Crippen LogP contribution in [0.2, 0.25) is 0 Å². The van der Waals surface area contributed by atoms with Gasteiger partial charge in [0.15, 0.2) is 0 Å². The molecule has 0 amide bonds. The molecule has 3 aromatic rings. The molecule has 166 valence electrons. The highest BCUT2D eigenvalue weighted by Gasteiger charge is 2.35. The minimum Gasteiger partial charge on any atom is -0.465 e. The van der Waals surface area contributed by atoms with E-state index in [9.17, 15) is 23.3 Å². The number of hydrogen-bond donors (Lipinski definition) is 0. The number of aliphatic imine (C=N–C) groups is 1. The first kappa shape index (κ1) is 21.7. The second-order valence-corrected chi connectivity index (χ2v) is 9.18. The van der Waals surface area contributed by atoms with Gasteiger partial charge in [0.2, 0.25) is 0 Å². The Kier molecular flexibility index (Phi) is 5.55. The molecule has 2 aromatic carbocycles. The van der Waals surface area contributed by atoms with Crippen LogP contribution in [0.15, 0.2) is 52.4 Å². The fourth-order valence-corrected chi connectivity index (χ4v) is 5.63. The van der Waals surface area contributed by atoms with Crippen molar-refractivity contribution in [3.63, 3.8) is 0 Å². The number of ether oxygens (including phenoxy) is 1. The van der Waals surface area contributed by atoms with Crippen LogP contribution in [0.4, 0.5) is 5.69 Å². The molecule has 4 rings (SSSR count). The molecule has 0 spiro atoms. The number of esters is 1. The van der Waals surface area contributed by atoms with Gasteiger partial charge in [0.05, 0.1) is 27.6 Å². The van der Waals surface area contributed by atoms with Crippen LogP contribution in [-0.4, -0.2) is 42.6 Å². The van der Waals surface area contributed by atoms with Crippen molar-refractivity contribution >= 4 is 38.8 Å². The van der Waals surface area contributed by atoms with Crippen molar-refractivity contribution in [1.29, 1.82) is 0 Å². The summed E-state index contributed by atoms with van der Waals surface area (Å²) in [4.78, 5) is 27.6. The van der Waals surface area contributed by atoms with Crippen LogP contribution < -0.4 is 0 Å². The van der Waals surface area contributed by atoms with Crippen LogP contribution in [0.25, 0.3) is 10.9 Å². The van der Waals surface area contributed by atoms with E-state index in [1.54, 1.807) is 38.1 Å². The molecule has 0 bridgehead atoms. The van der Waals surface area contributed by atoms with Gasteiger partial charge in [-0.3, -0.25) is 19.9 Å². The maximum atomic E-state index is 13.8. The molecule has 0 aliphatic carbocycles. The molecule has 1 aliphatic heterocycles. The lowest BCUT2D eigenvalue weighted by molar-refractivity contribution is -0.385. The molecule has 2 heterocycles. The van der Waals surface area contributed by atoms with Crippen LogP contribution >= 0.6 is 0 Å². The van der Waals surface area contributed by atoms with Gasteiger partial charge in [0, 0.05) is 29.8 Å². The second-order valence-electron chi connectivity index (χ2n) is 7.39. The van der Waals surface area contributed by atoms with Gasteiger partial charge in [-0.2, -0.15) is 0 Å². The molecule has 0 radical (unpaired) electrons. The number of aryl methyl sites for hydroxylation is 1. The maximum absolute atomic E-state index is 13.8. The summed E-state index contributed by atoms with van der Waals surface area (Å²) in [5.41, 5.74) is 1.40. The SMILES string of the molecule is CCOC(=O)C1C=NCCc2c1n(S(=O)(=O)c1ccc(C)c([N+](=O)[O-])c1)c1ccccc21. The highest BCUT2D eigenvalue weighted by molar-refractivity contribution is 7.90. The van der Waals surface area contributed by atoms with Crippen LogP contribution in [0.3, 0.4) is 0 Å². The van der Waals surface area contributed by atoms with Crippen molar-refractivity contribution in [2.24, 2.45) is 4.99 Å². The number of nitro groups is 1. The van der Waals surface area contributed by atoms with Gasteiger partial charge in [0.25, 0.3) is 15.7 Å². The first-order chi connectivity index (χ1) is 15.3. The molecule has 10 heteroatoms. The molecular weight excluding hydrogens is 434 g/mol. The molecular formula is C22H21N3O6S. The number of carbonyl (C=O) groups is 1. The van der Waals surface area contributed by atoms with E-state index in [2.05, 4.69) is 4.99 Å². The lowest BCUT2D eigenvalue weighted by Crippen LogP contribution is -2.24. The van der Waals surface area contributed by atoms with E-state index < -0.39 is 26.8 Å². The summed E-state index contributed by atoms with van der Waals surface area (Å²) >= 11 is 0. The van der Waals surface area contributed by atoms with E-state index in [0.29, 0.717) is 35.0 Å². The Morgan fingerprint density at radius 1 is 1.28 bits per heavy atom. The molecule has 1 unspecified atom stereocenters. The summed E-state index contributed by atoms with van der Waals surface area (Å²) in [5, 5.41) is 12.1. The van der Waals surface area contributed by atoms with Crippen molar-refractivity contribution in [3.05, 3.63) is 69.4 Å². The lowest BCUT2D eigenvalue weighted by atomic mass is 10.0. The number of carbonyl (C=O) groups excluding carboxylic acids is 1. The standard InChI is InChI=1S/C22H21N3O6S/c1-3-31-22(26)18-13-23-11-10-17-16-6-4-5-7-19(16)24(21(17)18)32(29,30)15-9-8-14(2)20(12-15)25(27)28/h4-9,12-13,18H,3,10-11H2,1-2H3. The van der Waals surface area contributed by atoms with Crippen LogP contribution in [0, 0.1) is 17.0 Å².